The monoisotopic (exact) mass is 223 g/mol. The van der Waals surface area contributed by atoms with Crippen LogP contribution in [0, 0.1) is 6.92 Å². The van der Waals surface area contributed by atoms with E-state index in [1.807, 2.05) is 0 Å². The van der Waals surface area contributed by atoms with Crippen LogP contribution in [0.5, 0.6) is 0 Å². The van der Waals surface area contributed by atoms with Gasteiger partial charge in [-0.2, -0.15) is 11.3 Å². The van der Waals surface area contributed by atoms with Crippen LogP contribution in [0.4, 0.5) is 0 Å². The molecule has 0 saturated heterocycles. The Morgan fingerprint density at radius 1 is 1.47 bits per heavy atom. The predicted molar refractivity (Wildman–Crippen MR) is 58.8 cm³/mol. The average molecular weight is 223 g/mol. The van der Waals surface area contributed by atoms with Gasteiger partial charge < -0.3 is 9.73 Å². The minimum atomic E-state index is 0.615. The van der Waals surface area contributed by atoms with E-state index in [4.69, 9.17) is 4.42 Å². The Hall–Kier alpha value is -1.20. The zero-order chi connectivity index (χ0) is 10.5. The van der Waals surface area contributed by atoms with E-state index in [0.29, 0.717) is 18.3 Å². The maximum Gasteiger partial charge on any atom is 0.230 e. The van der Waals surface area contributed by atoms with Crippen LogP contribution in [0.3, 0.4) is 0 Å². The van der Waals surface area contributed by atoms with Crippen molar-refractivity contribution in [1.29, 1.82) is 0 Å². The highest BCUT2D eigenvalue weighted by atomic mass is 32.1. The van der Waals surface area contributed by atoms with Gasteiger partial charge in [0.05, 0.1) is 6.54 Å². The molecular weight excluding hydrogens is 210 g/mol. The van der Waals surface area contributed by atoms with E-state index in [1.165, 1.54) is 5.56 Å². The zero-order valence-corrected chi connectivity index (χ0v) is 9.38. The molecule has 0 aliphatic heterocycles. The lowest BCUT2D eigenvalue weighted by Gasteiger charge is -1.99. The molecule has 4 nitrogen and oxygen atoms in total. The maximum atomic E-state index is 5.24. The molecule has 0 aromatic carbocycles. The van der Waals surface area contributed by atoms with Crippen molar-refractivity contribution in [1.82, 2.24) is 15.5 Å². The fourth-order valence-electron chi connectivity index (χ4n) is 1.27. The lowest BCUT2D eigenvalue weighted by Crippen LogP contribution is -2.16. The van der Waals surface area contributed by atoms with Crippen LogP contribution in [0.1, 0.15) is 17.3 Å². The van der Waals surface area contributed by atoms with E-state index < -0.39 is 0 Å². The molecule has 5 heteroatoms. The lowest BCUT2D eigenvalue weighted by atomic mass is 10.2. The molecule has 15 heavy (non-hydrogen) atoms. The third kappa shape index (κ3) is 3.14. The van der Waals surface area contributed by atoms with Crippen LogP contribution in [0.2, 0.25) is 0 Å². The fraction of sp³-hybridized carbons (Fsp3) is 0.400. The van der Waals surface area contributed by atoms with Gasteiger partial charge >= 0.3 is 0 Å². The maximum absolute atomic E-state index is 5.24. The molecule has 0 aliphatic rings. The second-order valence-corrected chi connectivity index (χ2v) is 4.05. The number of nitrogens with zero attached hydrogens (tertiary/aromatic N) is 2. The Morgan fingerprint density at radius 2 is 2.40 bits per heavy atom. The molecule has 2 aromatic heterocycles. The van der Waals surface area contributed by atoms with Crippen molar-refractivity contribution < 1.29 is 4.42 Å². The SMILES string of the molecule is Cc1nnc(CNCCc2ccsc2)o1. The molecule has 0 bridgehead atoms. The highest BCUT2D eigenvalue weighted by molar-refractivity contribution is 7.07. The third-order valence-electron chi connectivity index (χ3n) is 2.01. The Labute approximate surface area is 92.3 Å². The summed E-state index contributed by atoms with van der Waals surface area (Å²) in [6.07, 6.45) is 1.04. The summed E-state index contributed by atoms with van der Waals surface area (Å²) < 4.78 is 5.24. The fourth-order valence-corrected chi connectivity index (χ4v) is 1.98. The molecule has 2 heterocycles. The summed E-state index contributed by atoms with van der Waals surface area (Å²) in [6.45, 7) is 3.37. The lowest BCUT2D eigenvalue weighted by molar-refractivity contribution is 0.448. The second-order valence-electron chi connectivity index (χ2n) is 3.27. The van der Waals surface area contributed by atoms with Gasteiger partial charge in [-0.1, -0.05) is 0 Å². The number of aromatic nitrogens is 2. The minimum absolute atomic E-state index is 0.615. The number of thiophene rings is 1. The van der Waals surface area contributed by atoms with Crippen molar-refractivity contribution in [3.8, 4) is 0 Å². The van der Waals surface area contributed by atoms with Crippen molar-refractivity contribution in [2.75, 3.05) is 6.54 Å². The van der Waals surface area contributed by atoms with Crippen molar-refractivity contribution in [3.05, 3.63) is 34.2 Å². The van der Waals surface area contributed by atoms with E-state index in [0.717, 1.165) is 13.0 Å². The normalized spacial score (nSPS) is 10.7. The summed E-state index contributed by atoms with van der Waals surface area (Å²) in [5.74, 6) is 1.27. The highest BCUT2D eigenvalue weighted by Crippen LogP contribution is 2.05. The summed E-state index contributed by atoms with van der Waals surface area (Å²) in [5.41, 5.74) is 1.37. The summed E-state index contributed by atoms with van der Waals surface area (Å²) in [7, 11) is 0. The van der Waals surface area contributed by atoms with Gasteiger partial charge in [-0.15, -0.1) is 10.2 Å². The van der Waals surface area contributed by atoms with Crippen LogP contribution in [0.15, 0.2) is 21.2 Å². The van der Waals surface area contributed by atoms with Gasteiger partial charge in [0, 0.05) is 6.92 Å². The molecule has 0 spiro atoms. The first-order valence-corrected chi connectivity index (χ1v) is 5.79. The van der Waals surface area contributed by atoms with Gasteiger partial charge in [0.25, 0.3) is 0 Å². The molecular formula is C10H13N3OS. The first kappa shape index (κ1) is 10.3. The standard InChI is InChI=1S/C10H13N3OS/c1-8-12-13-10(14-8)6-11-4-2-9-3-5-15-7-9/h3,5,7,11H,2,4,6H2,1H3. The molecule has 0 unspecified atom stereocenters. The first-order valence-electron chi connectivity index (χ1n) is 4.85. The largest absolute Gasteiger partial charge is 0.424 e. The second kappa shape index (κ2) is 5.04. The number of rotatable bonds is 5. The van der Waals surface area contributed by atoms with Crippen LogP contribution in [-0.2, 0) is 13.0 Å². The average Bonchev–Trinajstić information content (AvgIpc) is 2.84. The Bertz CT molecular complexity index is 396. The van der Waals surface area contributed by atoms with Gasteiger partial charge in [-0.05, 0) is 35.4 Å². The summed E-state index contributed by atoms with van der Waals surface area (Å²) in [6, 6.07) is 2.14. The third-order valence-corrected chi connectivity index (χ3v) is 2.75. The van der Waals surface area contributed by atoms with Crippen LogP contribution < -0.4 is 5.32 Å². The Kier molecular flexibility index (Phi) is 3.47. The van der Waals surface area contributed by atoms with Crippen LogP contribution >= 0.6 is 11.3 Å². The molecule has 0 aliphatic carbocycles. The molecule has 80 valence electrons. The minimum Gasteiger partial charge on any atom is -0.424 e. The molecule has 0 saturated carbocycles. The van der Waals surface area contributed by atoms with Gasteiger partial charge in [0.2, 0.25) is 11.8 Å². The van der Waals surface area contributed by atoms with Crippen LogP contribution in [0.25, 0.3) is 0 Å². The van der Waals surface area contributed by atoms with Gasteiger partial charge in [-0.3, -0.25) is 0 Å². The smallest absolute Gasteiger partial charge is 0.230 e. The topological polar surface area (TPSA) is 51.0 Å². The quantitative estimate of drug-likeness (QED) is 0.785. The molecule has 0 fully saturated rings. The summed E-state index contributed by atoms with van der Waals surface area (Å²) >= 11 is 1.73. The highest BCUT2D eigenvalue weighted by Gasteiger charge is 2.00. The zero-order valence-electron chi connectivity index (χ0n) is 8.56. The Morgan fingerprint density at radius 3 is 3.07 bits per heavy atom. The van der Waals surface area contributed by atoms with E-state index in [2.05, 4.69) is 32.3 Å². The molecule has 2 rings (SSSR count). The summed E-state index contributed by atoms with van der Waals surface area (Å²) in [4.78, 5) is 0. The van der Waals surface area contributed by atoms with Crippen LogP contribution in [-0.4, -0.2) is 16.7 Å². The number of hydrogen-bond acceptors (Lipinski definition) is 5. The predicted octanol–water partition coefficient (Wildman–Crippen LogP) is 1.77. The number of aryl methyl sites for hydroxylation is 1. The van der Waals surface area contributed by atoms with Crippen molar-refractivity contribution in [3.63, 3.8) is 0 Å². The molecule has 2 aromatic rings. The van der Waals surface area contributed by atoms with Gasteiger partial charge in [-0.25, -0.2) is 0 Å². The van der Waals surface area contributed by atoms with E-state index >= 15 is 0 Å². The van der Waals surface area contributed by atoms with Gasteiger partial charge in [0.15, 0.2) is 0 Å². The van der Waals surface area contributed by atoms with Gasteiger partial charge in [0.1, 0.15) is 0 Å². The Balaban J connectivity index is 1.67. The molecule has 1 N–H and O–H groups in total. The van der Waals surface area contributed by atoms with E-state index in [9.17, 15) is 0 Å². The molecule has 0 radical (unpaired) electrons. The van der Waals surface area contributed by atoms with Crippen molar-refractivity contribution in [2.24, 2.45) is 0 Å². The summed E-state index contributed by atoms with van der Waals surface area (Å²) in [5, 5.41) is 15.2. The first-order chi connectivity index (χ1) is 7.34. The van der Waals surface area contributed by atoms with E-state index in [1.54, 1.807) is 18.3 Å². The molecule has 0 atom stereocenters. The number of nitrogens with one attached hydrogen (secondary N) is 1. The molecule has 0 amide bonds. The van der Waals surface area contributed by atoms with Crippen molar-refractivity contribution >= 4 is 11.3 Å². The van der Waals surface area contributed by atoms with E-state index in [-0.39, 0.29) is 0 Å². The number of hydrogen-bond donors (Lipinski definition) is 1. The van der Waals surface area contributed by atoms with Crippen molar-refractivity contribution in [2.45, 2.75) is 19.9 Å².